The van der Waals surface area contributed by atoms with Crippen molar-refractivity contribution in [3.8, 4) is 0 Å². The number of nitrogen functional groups attached to an aromatic ring is 1. The number of hydrogen-bond donors (Lipinski definition) is 1. The van der Waals surface area contributed by atoms with Crippen LogP contribution in [-0.4, -0.2) is 0 Å². The molecule has 1 aromatic carbocycles. The molecule has 0 aliphatic heterocycles. The standard InChI is InChI=1S/C23H37N/c24-21-16-17-22(19-12-8-6-3-7-9-13-19)23(18-21)20-14-10-4-1-2-5-11-15-20/h16-20H,1-15,24H2. The Hall–Kier alpha value is -0.980. The van der Waals surface area contributed by atoms with Gasteiger partial charge in [-0.05, 0) is 60.8 Å². The number of rotatable bonds is 2. The molecule has 0 bridgehead atoms. The zero-order valence-corrected chi connectivity index (χ0v) is 15.6. The van der Waals surface area contributed by atoms with E-state index in [1.165, 1.54) is 96.3 Å². The van der Waals surface area contributed by atoms with Crippen LogP contribution in [0.15, 0.2) is 18.2 Å². The highest BCUT2D eigenvalue weighted by atomic mass is 14.5. The summed E-state index contributed by atoms with van der Waals surface area (Å²) in [5.74, 6) is 1.54. The molecule has 1 heteroatoms. The summed E-state index contributed by atoms with van der Waals surface area (Å²) >= 11 is 0. The van der Waals surface area contributed by atoms with Crippen molar-refractivity contribution in [3.05, 3.63) is 29.3 Å². The van der Waals surface area contributed by atoms with Crippen molar-refractivity contribution < 1.29 is 0 Å². The van der Waals surface area contributed by atoms with Gasteiger partial charge in [-0.1, -0.05) is 76.7 Å². The molecule has 1 aromatic rings. The molecule has 3 rings (SSSR count). The minimum Gasteiger partial charge on any atom is -0.399 e. The number of nitrogens with two attached hydrogens (primary N) is 1. The van der Waals surface area contributed by atoms with Gasteiger partial charge in [0, 0.05) is 5.69 Å². The molecule has 0 unspecified atom stereocenters. The van der Waals surface area contributed by atoms with Crippen LogP contribution < -0.4 is 5.73 Å². The van der Waals surface area contributed by atoms with Crippen LogP contribution in [0, 0.1) is 0 Å². The lowest BCUT2D eigenvalue weighted by molar-refractivity contribution is 0.448. The Morgan fingerprint density at radius 3 is 1.46 bits per heavy atom. The highest BCUT2D eigenvalue weighted by molar-refractivity contribution is 5.47. The lowest BCUT2D eigenvalue weighted by Crippen LogP contribution is -2.10. The number of anilines is 1. The minimum absolute atomic E-state index is 0.757. The second-order valence-corrected chi connectivity index (χ2v) is 8.33. The quantitative estimate of drug-likeness (QED) is 0.566. The van der Waals surface area contributed by atoms with Crippen molar-refractivity contribution in [1.82, 2.24) is 0 Å². The number of benzene rings is 1. The van der Waals surface area contributed by atoms with Crippen LogP contribution in [0.5, 0.6) is 0 Å². The van der Waals surface area contributed by atoms with Crippen molar-refractivity contribution in [2.45, 2.75) is 108 Å². The van der Waals surface area contributed by atoms with E-state index < -0.39 is 0 Å². The van der Waals surface area contributed by atoms with E-state index in [-0.39, 0.29) is 0 Å². The maximum atomic E-state index is 6.22. The molecule has 0 radical (unpaired) electrons. The summed E-state index contributed by atoms with van der Waals surface area (Å²) < 4.78 is 0. The van der Waals surface area contributed by atoms with Crippen molar-refractivity contribution in [2.75, 3.05) is 5.73 Å². The Morgan fingerprint density at radius 2 is 0.958 bits per heavy atom. The van der Waals surface area contributed by atoms with Gasteiger partial charge in [-0.3, -0.25) is 0 Å². The lowest BCUT2D eigenvalue weighted by Gasteiger charge is -2.27. The average Bonchev–Trinajstić information content (AvgIpc) is 2.69. The molecule has 2 aliphatic rings. The summed E-state index contributed by atoms with van der Waals surface area (Å²) in [7, 11) is 0. The molecule has 2 aliphatic carbocycles. The van der Waals surface area contributed by atoms with E-state index in [0.29, 0.717) is 0 Å². The van der Waals surface area contributed by atoms with Crippen LogP contribution >= 0.6 is 0 Å². The average molecular weight is 328 g/mol. The fourth-order valence-corrected chi connectivity index (χ4v) is 5.03. The van der Waals surface area contributed by atoms with Gasteiger partial charge in [0.1, 0.15) is 0 Å². The first-order valence-corrected chi connectivity index (χ1v) is 10.7. The van der Waals surface area contributed by atoms with E-state index in [4.69, 9.17) is 5.73 Å². The van der Waals surface area contributed by atoms with Gasteiger partial charge in [0.05, 0.1) is 0 Å². The normalized spacial score (nSPS) is 22.8. The fourth-order valence-electron chi connectivity index (χ4n) is 5.03. The molecule has 134 valence electrons. The summed E-state index contributed by atoms with van der Waals surface area (Å²) in [5.41, 5.74) is 10.5. The van der Waals surface area contributed by atoms with E-state index in [1.807, 2.05) is 0 Å². The molecule has 0 spiro atoms. The maximum absolute atomic E-state index is 6.22. The van der Waals surface area contributed by atoms with Gasteiger partial charge in [0.25, 0.3) is 0 Å². The topological polar surface area (TPSA) is 26.0 Å². The third kappa shape index (κ3) is 5.01. The predicted molar refractivity (Wildman–Crippen MR) is 106 cm³/mol. The molecular formula is C23H37N. The molecule has 0 saturated heterocycles. The molecule has 2 saturated carbocycles. The van der Waals surface area contributed by atoms with Crippen LogP contribution in [0.2, 0.25) is 0 Å². The van der Waals surface area contributed by atoms with Gasteiger partial charge in [0.15, 0.2) is 0 Å². The largest absolute Gasteiger partial charge is 0.399 e. The van der Waals surface area contributed by atoms with E-state index in [1.54, 1.807) is 11.1 Å². The Bertz CT molecular complexity index is 475. The van der Waals surface area contributed by atoms with Crippen LogP contribution in [0.3, 0.4) is 0 Å². The van der Waals surface area contributed by atoms with Crippen LogP contribution in [0.4, 0.5) is 5.69 Å². The minimum atomic E-state index is 0.757. The first-order valence-electron chi connectivity index (χ1n) is 10.7. The summed E-state index contributed by atoms with van der Waals surface area (Å²) in [6, 6.07) is 6.90. The Labute approximate surface area is 149 Å². The second kappa shape index (κ2) is 9.49. The van der Waals surface area contributed by atoms with Crippen molar-refractivity contribution >= 4 is 5.69 Å². The van der Waals surface area contributed by atoms with Gasteiger partial charge in [-0.15, -0.1) is 0 Å². The van der Waals surface area contributed by atoms with E-state index in [9.17, 15) is 0 Å². The highest BCUT2D eigenvalue weighted by Gasteiger charge is 2.22. The Kier molecular flexibility index (Phi) is 7.05. The van der Waals surface area contributed by atoms with Gasteiger partial charge < -0.3 is 5.73 Å². The van der Waals surface area contributed by atoms with Gasteiger partial charge in [-0.2, -0.15) is 0 Å². The Balaban J connectivity index is 1.82. The second-order valence-electron chi connectivity index (χ2n) is 8.33. The van der Waals surface area contributed by atoms with E-state index in [2.05, 4.69) is 18.2 Å². The third-order valence-electron chi connectivity index (χ3n) is 6.45. The maximum Gasteiger partial charge on any atom is 0.0317 e. The van der Waals surface area contributed by atoms with Crippen LogP contribution in [-0.2, 0) is 0 Å². The van der Waals surface area contributed by atoms with Crippen LogP contribution in [0.1, 0.15) is 119 Å². The fraction of sp³-hybridized carbons (Fsp3) is 0.739. The summed E-state index contributed by atoms with van der Waals surface area (Å²) in [6.45, 7) is 0. The van der Waals surface area contributed by atoms with Gasteiger partial charge >= 0.3 is 0 Å². The Morgan fingerprint density at radius 1 is 0.542 bits per heavy atom. The summed E-state index contributed by atoms with van der Waals surface area (Å²) in [5, 5.41) is 0. The van der Waals surface area contributed by atoms with Crippen molar-refractivity contribution in [1.29, 1.82) is 0 Å². The van der Waals surface area contributed by atoms with Crippen molar-refractivity contribution in [3.63, 3.8) is 0 Å². The molecule has 0 atom stereocenters. The molecule has 0 aromatic heterocycles. The first kappa shape index (κ1) is 17.8. The summed E-state index contributed by atoms with van der Waals surface area (Å²) in [4.78, 5) is 0. The van der Waals surface area contributed by atoms with Crippen LogP contribution in [0.25, 0.3) is 0 Å². The summed E-state index contributed by atoms with van der Waals surface area (Å²) in [6.07, 6.45) is 21.2. The molecule has 0 amide bonds. The monoisotopic (exact) mass is 327 g/mol. The zero-order valence-electron chi connectivity index (χ0n) is 15.6. The molecule has 0 heterocycles. The molecule has 24 heavy (non-hydrogen) atoms. The highest BCUT2D eigenvalue weighted by Crippen LogP contribution is 2.40. The number of hydrogen-bond acceptors (Lipinski definition) is 1. The lowest BCUT2D eigenvalue weighted by atomic mass is 9.78. The van der Waals surface area contributed by atoms with E-state index >= 15 is 0 Å². The molecule has 1 nitrogen and oxygen atoms in total. The molecular weight excluding hydrogens is 290 g/mol. The van der Waals surface area contributed by atoms with E-state index in [0.717, 1.165) is 17.5 Å². The zero-order chi connectivity index (χ0) is 16.6. The van der Waals surface area contributed by atoms with Crippen molar-refractivity contribution in [2.24, 2.45) is 0 Å². The molecule has 2 N–H and O–H groups in total. The molecule has 2 fully saturated rings. The third-order valence-corrected chi connectivity index (χ3v) is 6.45. The SMILES string of the molecule is Nc1ccc(C2CCCCCCC2)c(C2CCCCCCCC2)c1. The smallest absolute Gasteiger partial charge is 0.0317 e. The first-order chi connectivity index (χ1) is 11.8. The van der Waals surface area contributed by atoms with Gasteiger partial charge in [0.2, 0.25) is 0 Å². The van der Waals surface area contributed by atoms with Gasteiger partial charge in [-0.25, -0.2) is 0 Å². The predicted octanol–water partition coefficient (Wildman–Crippen LogP) is 7.31.